The monoisotopic (exact) mass is 306 g/mol. The van der Waals surface area contributed by atoms with E-state index in [0.717, 1.165) is 0 Å². The molecule has 0 aliphatic rings. The molecule has 0 aliphatic heterocycles. The maximum atomic E-state index is 12.1. The molecule has 1 aromatic heterocycles. The summed E-state index contributed by atoms with van der Waals surface area (Å²) in [4.78, 5) is 23.7. The van der Waals surface area contributed by atoms with Crippen LogP contribution in [0.1, 0.15) is 24.2 Å². The molecule has 0 spiro atoms. The Labute approximate surface area is 127 Å². The molecule has 0 radical (unpaired) electrons. The number of hydrogen-bond donors (Lipinski definition) is 0. The molecule has 110 valence electrons. The largest absolute Gasteiger partial charge is 0.496 e. The minimum absolute atomic E-state index is 0.101. The third-order valence-electron chi connectivity index (χ3n) is 3.09. The summed E-state index contributed by atoms with van der Waals surface area (Å²) in [5.74, 6) is 0.273. The van der Waals surface area contributed by atoms with Crippen LogP contribution in [-0.2, 0) is 6.54 Å². The lowest BCUT2D eigenvalue weighted by molar-refractivity contribution is 0.101. The van der Waals surface area contributed by atoms with E-state index in [9.17, 15) is 9.59 Å². The standard InChI is InChI=1S/C15H15ClN2O3/c1-4-18-15(20)11(9(2)19)8-13(17-18)12-7-10(16)5-6-14(12)21-3/h5-8H,4H2,1-3H3. The van der Waals surface area contributed by atoms with Crippen molar-refractivity contribution in [2.45, 2.75) is 20.4 Å². The topological polar surface area (TPSA) is 61.2 Å². The number of rotatable bonds is 4. The second-order valence-corrected chi connectivity index (χ2v) is 4.90. The number of ether oxygens (including phenoxy) is 1. The fourth-order valence-electron chi connectivity index (χ4n) is 2.02. The highest BCUT2D eigenvalue weighted by Crippen LogP contribution is 2.31. The van der Waals surface area contributed by atoms with Gasteiger partial charge < -0.3 is 4.74 Å². The van der Waals surface area contributed by atoms with Crippen molar-refractivity contribution < 1.29 is 9.53 Å². The van der Waals surface area contributed by atoms with Crippen molar-refractivity contribution in [3.05, 3.63) is 45.2 Å². The highest BCUT2D eigenvalue weighted by molar-refractivity contribution is 6.31. The maximum Gasteiger partial charge on any atom is 0.277 e. The number of benzene rings is 1. The molecule has 0 N–H and O–H groups in total. The Bertz CT molecular complexity index is 753. The normalized spacial score (nSPS) is 10.5. The number of carbonyl (C=O) groups is 1. The fraction of sp³-hybridized carbons (Fsp3) is 0.267. The van der Waals surface area contributed by atoms with Crippen molar-refractivity contribution in [1.29, 1.82) is 0 Å². The molecule has 0 bridgehead atoms. The molecule has 0 fully saturated rings. The average Bonchev–Trinajstić information content (AvgIpc) is 2.47. The summed E-state index contributed by atoms with van der Waals surface area (Å²) in [6, 6.07) is 6.59. The van der Waals surface area contributed by atoms with E-state index in [2.05, 4.69) is 5.10 Å². The first-order valence-electron chi connectivity index (χ1n) is 6.45. The number of hydrogen-bond acceptors (Lipinski definition) is 4. The minimum atomic E-state index is -0.394. The molecule has 0 saturated heterocycles. The molecule has 5 nitrogen and oxygen atoms in total. The molecule has 0 aliphatic carbocycles. The van der Waals surface area contributed by atoms with Crippen LogP contribution < -0.4 is 10.3 Å². The molecular weight excluding hydrogens is 292 g/mol. The third kappa shape index (κ3) is 2.97. The summed E-state index contributed by atoms with van der Waals surface area (Å²) in [5, 5.41) is 4.79. The van der Waals surface area contributed by atoms with Gasteiger partial charge in [-0.25, -0.2) is 4.68 Å². The first kappa shape index (κ1) is 15.3. The summed E-state index contributed by atoms with van der Waals surface area (Å²) in [5.41, 5.74) is 0.814. The molecule has 2 rings (SSSR count). The zero-order valence-electron chi connectivity index (χ0n) is 12.0. The fourth-order valence-corrected chi connectivity index (χ4v) is 2.19. The number of aryl methyl sites for hydroxylation is 1. The molecule has 0 saturated carbocycles. The number of halogens is 1. The average molecular weight is 307 g/mol. The van der Waals surface area contributed by atoms with Crippen LogP contribution in [0.4, 0.5) is 0 Å². The van der Waals surface area contributed by atoms with Crippen LogP contribution in [0.25, 0.3) is 11.3 Å². The Balaban J connectivity index is 2.75. The molecule has 0 atom stereocenters. The zero-order valence-corrected chi connectivity index (χ0v) is 12.8. The van der Waals surface area contributed by atoms with Gasteiger partial charge in [-0.3, -0.25) is 9.59 Å². The molecule has 1 aromatic carbocycles. The van der Waals surface area contributed by atoms with E-state index in [0.29, 0.717) is 28.6 Å². The van der Waals surface area contributed by atoms with Crippen LogP contribution in [0.2, 0.25) is 5.02 Å². The van der Waals surface area contributed by atoms with E-state index in [1.165, 1.54) is 24.8 Å². The van der Waals surface area contributed by atoms with Crippen LogP contribution in [0.5, 0.6) is 5.75 Å². The highest BCUT2D eigenvalue weighted by Gasteiger charge is 2.15. The van der Waals surface area contributed by atoms with Gasteiger partial charge in [-0.2, -0.15) is 5.10 Å². The Kier molecular flexibility index (Phi) is 4.43. The maximum absolute atomic E-state index is 12.1. The van der Waals surface area contributed by atoms with E-state index in [-0.39, 0.29) is 11.3 Å². The van der Waals surface area contributed by atoms with Gasteiger partial charge in [-0.1, -0.05) is 11.6 Å². The summed E-state index contributed by atoms with van der Waals surface area (Å²) in [6.45, 7) is 3.52. The van der Waals surface area contributed by atoms with Gasteiger partial charge in [0.2, 0.25) is 0 Å². The molecule has 1 heterocycles. The predicted molar refractivity (Wildman–Crippen MR) is 81.2 cm³/mol. The molecule has 0 unspecified atom stereocenters. The van der Waals surface area contributed by atoms with Crippen LogP contribution >= 0.6 is 11.6 Å². The van der Waals surface area contributed by atoms with E-state index >= 15 is 0 Å². The third-order valence-corrected chi connectivity index (χ3v) is 3.33. The van der Waals surface area contributed by atoms with Crippen LogP contribution in [0.15, 0.2) is 29.1 Å². The second-order valence-electron chi connectivity index (χ2n) is 4.46. The Hall–Kier alpha value is -2.14. The summed E-state index contributed by atoms with van der Waals surface area (Å²) in [6.07, 6.45) is 0. The van der Waals surface area contributed by atoms with E-state index in [1.807, 2.05) is 0 Å². The van der Waals surface area contributed by atoms with Crippen molar-refractivity contribution in [2.75, 3.05) is 7.11 Å². The predicted octanol–water partition coefficient (Wildman–Crippen LogP) is 2.79. The first-order valence-corrected chi connectivity index (χ1v) is 6.82. The van der Waals surface area contributed by atoms with Gasteiger partial charge in [0, 0.05) is 17.1 Å². The number of ketones is 1. The second kappa shape index (κ2) is 6.10. The number of nitrogens with zero attached hydrogens (tertiary/aromatic N) is 2. The van der Waals surface area contributed by atoms with Gasteiger partial charge in [0.15, 0.2) is 5.78 Å². The van der Waals surface area contributed by atoms with E-state index in [4.69, 9.17) is 16.3 Å². The molecule has 6 heteroatoms. The van der Waals surface area contributed by atoms with Gasteiger partial charge in [0.25, 0.3) is 5.56 Å². The molecule has 21 heavy (non-hydrogen) atoms. The van der Waals surface area contributed by atoms with Crippen LogP contribution in [0.3, 0.4) is 0 Å². The van der Waals surface area contributed by atoms with E-state index < -0.39 is 5.56 Å². The number of carbonyl (C=O) groups excluding carboxylic acids is 1. The number of methoxy groups -OCH3 is 1. The van der Waals surface area contributed by atoms with Crippen LogP contribution in [-0.4, -0.2) is 22.7 Å². The lowest BCUT2D eigenvalue weighted by Gasteiger charge is -2.11. The number of Topliss-reactive ketones (excluding diaryl/α,β-unsaturated/α-hetero) is 1. The lowest BCUT2D eigenvalue weighted by Crippen LogP contribution is -2.27. The summed E-state index contributed by atoms with van der Waals surface area (Å²) in [7, 11) is 1.54. The summed E-state index contributed by atoms with van der Waals surface area (Å²) >= 11 is 6.01. The molecule has 2 aromatic rings. The van der Waals surface area contributed by atoms with Gasteiger partial charge in [-0.15, -0.1) is 0 Å². The number of aromatic nitrogens is 2. The Morgan fingerprint density at radius 3 is 2.67 bits per heavy atom. The zero-order chi connectivity index (χ0) is 15.6. The van der Waals surface area contributed by atoms with E-state index in [1.54, 1.807) is 25.1 Å². The van der Waals surface area contributed by atoms with Crippen molar-refractivity contribution in [3.63, 3.8) is 0 Å². The summed E-state index contributed by atoms with van der Waals surface area (Å²) < 4.78 is 6.54. The minimum Gasteiger partial charge on any atom is -0.496 e. The first-order chi connectivity index (χ1) is 9.97. The van der Waals surface area contributed by atoms with Crippen LogP contribution in [0, 0.1) is 0 Å². The highest BCUT2D eigenvalue weighted by atomic mass is 35.5. The van der Waals surface area contributed by atoms with Gasteiger partial charge in [0.1, 0.15) is 5.75 Å². The molecule has 0 amide bonds. The van der Waals surface area contributed by atoms with Crippen molar-refractivity contribution in [2.24, 2.45) is 0 Å². The van der Waals surface area contributed by atoms with Crippen molar-refractivity contribution in [1.82, 2.24) is 9.78 Å². The van der Waals surface area contributed by atoms with Gasteiger partial charge >= 0.3 is 0 Å². The Morgan fingerprint density at radius 1 is 1.38 bits per heavy atom. The van der Waals surface area contributed by atoms with Crippen molar-refractivity contribution in [3.8, 4) is 17.0 Å². The van der Waals surface area contributed by atoms with Gasteiger partial charge in [-0.05, 0) is 38.1 Å². The van der Waals surface area contributed by atoms with Gasteiger partial charge in [0.05, 0.1) is 18.4 Å². The van der Waals surface area contributed by atoms with Crippen molar-refractivity contribution >= 4 is 17.4 Å². The Morgan fingerprint density at radius 2 is 2.10 bits per heavy atom. The molecular formula is C15H15ClN2O3. The lowest BCUT2D eigenvalue weighted by atomic mass is 10.1. The SMILES string of the molecule is CCn1nc(-c2cc(Cl)ccc2OC)cc(C(C)=O)c1=O. The quantitative estimate of drug-likeness (QED) is 0.815. The smallest absolute Gasteiger partial charge is 0.277 e.